The van der Waals surface area contributed by atoms with Crippen molar-refractivity contribution < 1.29 is 0 Å². The van der Waals surface area contributed by atoms with E-state index < -0.39 is 0 Å². The van der Waals surface area contributed by atoms with Crippen molar-refractivity contribution in [2.45, 2.75) is 45.6 Å². The SMILES string of the molecule is CC(C)NCCc1nnc(C(C)(C)c2ccccc2)s1. The van der Waals surface area contributed by atoms with Crippen molar-refractivity contribution in [2.75, 3.05) is 6.54 Å². The normalized spacial score (nSPS) is 12.1. The number of aromatic nitrogens is 2. The molecule has 1 aromatic heterocycles. The largest absolute Gasteiger partial charge is 0.314 e. The summed E-state index contributed by atoms with van der Waals surface area (Å²) < 4.78 is 0. The van der Waals surface area contributed by atoms with Crippen LogP contribution in [0, 0.1) is 0 Å². The second-order valence-corrected chi connectivity index (χ2v) is 6.91. The predicted octanol–water partition coefficient (Wildman–Crippen LogP) is 3.40. The van der Waals surface area contributed by atoms with Crippen LogP contribution in [-0.4, -0.2) is 22.8 Å². The van der Waals surface area contributed by atoms with Gasteiger partial charge in [0.15, 0.2) is 0 Å². The molecule has 4 heteroatoms. The van der Waals surface area contributed by atoms with Crippen molar-refractivity contribution in [3.63, 3.8) is 0 Å². The van der Waals surface area contributed by atoms with Gasteiger partial charge < -0.3 is 5.32 Å². The van der Waals surface area contributed by atoms with E-state index in [1.165, 1.54) is 5.56 Å². The fraction of sp³-hybridized carbons (Fsp3) is 0.500. The molecule has 0 saturated heterocycles. The average molecular weight is 289 g/mol. The van der Waals surface area contributed by atoms with Gasteiger partial charge in [0.25, 0.3) is 0 Å². The van der Waals surface area contributed by atoms with Crippen LogP contribution in [0.4, 0.5) is 0 Å². The minimum Gasteiger partial charge on any atom is -0.314 e. The molecule has 0 fully saturated rings. The number of hydrogen-bond acceptors (Lipinski definition) is 4. The van der Waals surface area contributed by atoms with Gasteiger partial charge in [0.05, 0.1) is 0 Å². The summed E-state index contributed by atoms with van der Waals surface area (Å²) >= 11 is 1.72. The first-order chi connectivity index (χ1) is 9.50. The molecule has 0 spiro atoms. The first-order valence-corrected chi connectivity index (χ1v) is 7.93. The third-order valence-electron chi connectivity index (χ3n) is 3.39. The van der Waals surface area contributed by atoms with Gasteiger partial charge in [-0.1, -0.05) is 44.2 Å². The van der Waals surface area contributed by atoms with Crippen molar-refractivity contribution in [3.05, 3.63) is 45.9 Å². The Hall–Kier alpha value is -1.26. The summed E-state index contributed by atoms with van der Waals surface area (Å²) in [5.41, 5.74) is 1.20. The van der Waals surface area contributed by atoms with Crippen LogP contribution in [0.15, 0.2) is 30.3 Å². The summed E-state index contributed by atoms with van der Waals surface area (Å²) in [6.07, 6.45) is 0.945. The maximum Gasteiger partial charge on any atom is 0.127 e. The van der Waals surface area contributed by atoms with Crippen LogP contribution in [0.1, 0.15) is 43.3 Å². The van der Waals surface area contributed by atoms with Gasteiger partial charge in [-0.3, -0.25) is 0 Å². The summed E-state index contributed by atoms with van der Waals surface area (Å²) in [4.78, 5) is 0. The lowest BCUT2D eigenvalue weighted by atomic mass is 9.85. The van der Waals surface area contributed by atoms with Crippen LogP contribution >= 0.6 is 11.3 Å². The zero-order valence-corrected chi connectivity index (χ0v) is 13.5. The Morgan fingerprint density at radius 2 is 1.85 bits per heavy atom. The summed E-state index contributed by atoms with van der Waals surface area (Å²) in [6, 6.07) is 11.0. The summed E-state index contributed by atoms with van der Waals surface area (Å²) in [7, 11) is 0. The Labute approximate surface area is 125 Å². The van der Waals surface area contributed by atoms with E-state index in [9.17, 15) is 0 Å². The molecule has 1 N–H and O–H groups in total. The van der Waals surface area contributed by atoms with Crippen LogP contribution in [-0.2, 0) is 11.8 Å². The Bertz CT molecular complexity index is 532. The number of nitrogens with zero attached hydrogens (tertiary/aromatic N) is 2. The van der Waals surface area contributed by atoms with E-state index in [1.807, 2.05) is 6.07 Å². The molecule has 0 aliphatic heterocycles. The third-order valence-corrected chi connectivity index (χ3v) is 4.70. The lowest BCUT2D eigenvalue weighted by Gasteiger charge is -2.21. The van der Waals surface area contributed by atoms with Crippen molar-refractivity contribution in [1.29, 1.82) is 0 Å². The van der Waals surface area contributed by atoms with Gasteiger partial charge in [-0.25, -0.2) is 0 Å². The van der Waals surface area contributed by atoms with Gasteiger partial charge in [-0.05, 0) is 19.4 Å². The van der Waals surface area contributed by atoms with Gasteiger partial charge in [0, 0.05) is 24.4 Å². The molecule has 0 unspecified atom stereocenters. The molecule has 0 atom stereocenters. The van der Waals surface area contributed by atoms with E-state index in [0.717, 1.165) is 23.0 Å². The molecule has 0 aliphatic carbocycles. The van der Waals surface area contributed by atoms with Crippen molar-refractivity contribution in [2.24, 2.45) is 0 Å². The maximum atomic E-state index is 4.40. The van der Waals surface area contributed by atoms with Crippen LogP contribution in [0.5, 0.6) is 0 Å². The monoisotopic (exact) mass is 289 g/mol. The van der Waals surface area contributed by atoms with Crippen LogP contribution in [0.2, 0.25) is 0 Å². The molecular formula is C16H23N3S. The molecule has 3 nitrogen and oxygen atoms in total. The fourth-order valence-corrected chi connectivity index (χ4v) is 3.02. The second-order valence-electron chi connectivity index (χ2n) is 5.85. The van der Waals surface area contributed by atoms with E-state index in [0.29, 0.717) is 6.04 Å². The number of hydrogen-bond donors (Lipinski definition) is 1. The molecule has 0 aliphatic rings. The highest BCUT2D eigenvalue weighted by molar-refractivity contribution is 7.11. The van der Waals surface area contributed by atoms with Gasteiger partial charge >= 0.3 is 0 Å². The standard InChI is InChI=1S/C16H23N3S/c1-12(2)17-11-10-14-18-19-15(20-14)16(3,4)13-8-6-5-7-9-13/h5-9,12,17H,10-11H2,1-4H3. The smallest absolute Gasteiger partial charge is 0.127 e. The van der Waals surface area contributed by atoms with Crippen LogP contribution < -0.4 is 5.32 Å². The summed E-state index contributed by atoms with van der Waals surface area (Å²) in [5.74, 6) is 0. The Morgan fingerprint density at radius 3 is 2.50 bits per heavy atom. The molecule has 0 amide bonds. The topological polar surface area (TPSA) is 37.8 Å². The number of benzene rings is 1. The highest BCUT2D eigenvalue weighted by atomic mass is 32.1. The van der Waals surface area contributed by atoms with Gasteiger partial charge in [-0.2, -0.15) is 0 Å². The minimum absolute atomic E-state index is 0.0807. The maximum absolute atomic E-state index is 4.40. The van der Waals surface area contributed by atoms with Gasteiger partial charge in [0.2, 0.25) is 0 Å². The van der Waals surface area contributed by atoms with Crippen LogP contribution in [0.3, 0.4) is 0 Å². The summed E-state index contributed by atoms with van der Waals surface area (Å²) in [6.45, 7) is 9.68. The van der Waals surface area contributed by atoms with E-state index >= 15 is 0 Å². The summed E-state index contributed by atoms with van der Waals surface area (Å²) in [5, 5.41) is 14.3. The molecule has 108 valence electrons. The van der Waals surface area contributed by atoms with E-state index in [4.69, 9.17) is 0 Å². The molecule has 2 rings (SSSR count). The Morgan fingerprint density at radius 1 is 1.15 bits per heavy atom. The quantitative estimate of drug-likeness (QED) is 0.885. The molecule has 1 heterocycles. The fourth-order valence-electron chi connectivity index (χ4n) is 2.05. The van der Waals surface area contributed by atoms with Crippen molar-refractivity contribution >= 4 is 11.3 Å². The van der Waals surface area contributed by atoms with Crippen LogP contribution in [0.25, 0.3) is 0 Å². The first-order valence-electron chi connectivity index (χ1n) is 7.12. The van der Waals surface area contributed by atoms with Crippen molar-refractivity contribution in [3.8, 4) is 0 Å². The second kappa shape index (κ2) is 6.46. The highest BCUT2D eigenvalue weighted by Gasteiger charge is 2.27. The van der Waals surface area contributed by atoms with E-state index in [1.54, 1.807) is 11.3 Å². The molecular weight excluding hydrogens is 266 g/mol. The minimum atomic E-state index is -0.0807. The van der Waals surface area contributed by atoms with Gasteiger partial charge in [-0.15, -0.1) is 21.5 Å². The Kier molecular flexibility index (Phi) is 4.89. The number of rotatable bonds is 6. The third kappa shape index (κ3) is 3.64. The number of nitrogens with one attached hydrogen (secondary N) is 1. The van der Waals surface area contributed by atoms with E-state index in [-0.39, 0.29) is 5.41 Å². The van der Waals surface area contributed by atoms with Crippen molar-refractivity contribution in [1.82, 2.24) is 15.5 Å². The Balaban J connectivity index is 2.08. The van der Waals surface area contributed by atoms with E-state index in [2.05, 4.69) is 67.5 Å². The molecule has 0 radical (unpaired) electrons. The average Bonchev–Trinajstić information content (AvgIpc) is 2.89. The lowest BCUT2D eigenvalue weighted by molar-refractivity contribution is 0.587. The molecule has 0 bridgehead atoms. The molecule has 0 saturated carbocycles. The predicted molar refractivity (Wildman–Crippen MR) is 85.3 cm³/mol. The molecule has 20 heavy (non-hydrogen) atoms. The van der Waals surface area contributed by atoms with Gasteiger partial charge in [0.1, 0.15) is 10.0 Å². The molecule has 1 aromatic carbocycles. The lowest BCUT2D eigenvalue weighted by Crippen LogP contribution is -2.24. The zero-order chi connectivity index (χ0) is 14.6. The molecule has 2 aromatic rings. The first kappa shape index (κ1) is 15.1. The highest BCUT2D eigenvalue weighted by Crippen LogP contribution is 2.33. The zero-order valence-electron chi connectivity index (χ0n) is 12.7.